The molecule has 6 heteroatoms. The van der Waals surface area contributed by atoms with Gasteiger partial charge in [0.25, 0.3) is 0 Å². The summed E-state index contributed by atoms with van der Waals surface area (Å²) in [4.78, 5) is 6.72. The number of methoxy groups -OCH3 is 1. The van der Waals surface area contributed by atoms with Gasteiger partial charge < -0.3 is 14.4 Å². The minimum atomic E-state index is -0.351. The number of rotatable bonds is 5. The molecule has 1 N–H and O–H groups in total. The first kappa shape index (κ1) is 16.0. The molecule has 1 saturated heterocycles. The maximum Gasteiger partial charge on any atom is 0.241 e. The van der Waals surface area contributed by atoms with E-state index in [2.05, 4.69) is 15.0 Å². The van der Waals surface area contributed by atoms with E-state index in [4.69, 9.17) is 9.26 Å². The highest BCUT2D eigenvalue weighted by Crippen LogP contribution is 2.24. The molecule has 2 atom stereocenters. The number of benzene rings is 1. The third-order valence-corrected chi connectivity index (χ3v) is 4.36. The molecular weight excluding hydrogens is 294 g/mol. The number of ether oxygens (including phenoxy) is 1. The van der Waals surface area contributed by atoms with Crippen LogP contribution in [-0.4, -0.2) is 45.9 Å². The van der Waals surface area contributed by atoms with Crippen molar-refractivity contribution in [1.82, 2.24) is 15.0 Å². The molecule has 1 aromatic heterocycles. The molecule has 0 bridgehead atoms. The minimum absolute atomic E-state index is 0.163. The number of nitrogens with zero attached hydrogens (tertiary/aromatic N) is 3. The Hall–Kier alpha value is -1.92. The molecule has 0 spiro atoms. The van der Waals surface area contributed by atoms with Crippen molar-refractivity contribution in [1.29, 1.82) is 0 Å². The maximum atomic E-state index is 9.94. The van der Waals surface area contributed by atoms with Gasteiger partial charge in [0.05, 0.1) is 19.8 Å². The Morgan fingerprint density at radius 1 is 1.43 bits per heavy atom. The van der Waals surface area contributed by atoms with E-state index in [-0.39, 0.29) is 12.1 Å². The zero-order valence-electron chi connectivity index (χ0n) is 13.6. The third-order valence-electron chi connectivity index (χ3n) is 4.36. The van der Waals surface area contributed by atoms with Gasteiger partial charge >= 0.3 is 0 Å². The van der Waals surface area contributed by atoms with Crippen LogP contribution in [-0.2, 0) is 6.54 Å². The van der Waals surface area contributed by atoms with E-state index in [0.717, 1.165) is 37.1 Å². The largest absolute Gasteiger partial charge is 0.497 e. The monoisotopic (exact) mass is 317 g/mol. The summed E-state index contributed by atoms with van der Waals surface area (Å²) in [5.41, 5.74) is 0.866. The molecule has 0 aliphatic carbocycles. The van der Waals surface area contributed by atoms with E-state index in [1.807, 2.05) is 31.2 Å². The Labute approximate surface area is 136 Å². The number of hydrogen-bond acceptors (Lipinski definition) is 6. The molecule has 0 amide bonds. The summed E-state index contributed by atoms with van der Waals surface area (Å²) in [5.74, 6) is 1.90. The Morgan fingerprint density at radius 3 is 3.09 bits per heavy atom. The van der Waals surface area contributed by atoms with Crippen LogP contribution in [0.1, 0.15) is 32.1 Å². The van der Waals surface area contributed by atoms with Gasteiger partial charge in [0.15, 0.2) is 0 Å². The van der Waals surface area contributed by atoms with Crippen LogP contribution in [0, 0.1) is 0 Å². The average molecular weight is 317 g/mol. The topological polar surface area (TPSA) is 71.6 Å². The lowest BCUT2D eigenvalue weighted by Crippen LogP contribution is -2.45. The van der Waals surface area contributed by atoms with E-state index in [0.29, 0.717) is 18.3 Å². The van der Waals surface area contributed by atoms with Crippen LogP contribution in [0.4, 0.5) is 0 Å². The van der Waals surface area contributed by atoms with E-state index in [1.165, 1.54) is 0 Å². The summed E-state index contributed by atoms with van der Waals surface area (Å²) in [5, 5.41) is 14.0. The van der Waals surface area contributed by atoms with Gasteiger partial charge in [-0.2, -0.15) is 4.98 Å². The number of piperidine rings is 1. The minimum Gasteiger partial charge on any atom is -0.497 e. The Bertz CT molecular complexity index is 642. The van der Waals surface area contributed by atoms with E-state index in [1.54, 1.807) is 7.11 Å². The predicted molar refractivity (Wildman–Crippen MR) is 86.0 cm³/mol. The quantitative estimate of drug-likeness (QED) is 0.913. The second kappa shape index (κ2) is 7.10. The molecule has 2 heterocycles. The van der Waals surface area contributed by atoms with Crippen LogP contribution in [0.15, 0.2) is 28.8 Å². The van der Waals surface area contributed by atoms with Crippen molar-refractivity contribution in [3.8, 4) is 17.1 Å². The Balaban J connectivity index is 1.73. The van der Waals surface area contributed by atoms with Crippen molar-refractivity contribution in [3.63, 3.8) is 0 Å². The second-order valence-corrected chi connectivity index (χ2v) is 6.02. The van der Waals surface area contributed by atoms with Gasteiger partial charge in [-0.3, -0.25) is 4.90 Å². The second-order valence-electron chi connectivity index (χ2n) is 6.02. The van der Waals surface area contributed by atoms with Crippen LogP contribution in [0.2, 0.25) is 0 Å². The maximum absolute atomic E-state index is 9.94. The normalized spacial score (nSPS) is 20.4. The SMILES string of the molecule is COc1cccc(-c2noc(CN3CCCCC3C(C)O)n2)c1. The van der Waals surface area contributed by atoms with E-state index in [9.17, 15) is 5.11 Å². The molecular formula is C17H23N3O3. The fraction of sp³-hybridized carbons (Fsp3) is 0.529. The summed E-state index contributed by atoms with van der Waals surface area (Å²) in [7, 11) is 1.63. The third kappa shape index (κ3) is 3.71. The number of aliphatic hydroxyl groups is 1. The van der Waals surface area contributed by atoms with Gasteiger partial charge in [-0.15, -0.1) is 0 Å². The lowest BCUT2D eigenvalue weighted by molar-refractivity contribution is 0.0260. The van der Waals surface area contributed by atoms with Crippen LogP contribution >= 0.6 is 0 Å². The average Bonchev–Trinajstić information content (AvgIpc) is 3.04. The fourth-order valence-electron chi connectivity index (χ4n) is 3.13. The lowest BCUT2D eigenvalue weighted by atomic mass is 9.98. The molecule has 1 aliphatic heterocycles. The standard InChI is InChI=1S/C17H23N3O3/c1-12(21)15-8-3-4-9-20(15)11-16-18-17(19-23-16)13-6-5-7-14(10-13)22-2/h5-7,10,12,15,21H,3-4,8-9,11H2,1-2H3. The first-order chi connectivity index (χ1) is 11.2. The highest BCUT2D eigenvalue weighted by Gasteiger charge is 2.27. The first-order valence-electron chi connectivity index (χ1n) is 8.06. The number of hydrogen-bond donors (Lipinski definition) is 1. The summed E-state index contributed by atoms with van der Waals surface area (Å²) in [6.07, 6.45) is 2.95. The van der Waals surface area contributed by atoms with Crippen molar-refractivity contribution in [2.75, 3.05) is 13.7 Å². The lowest BCUT2D eigenvalue weighted by Gasteiger charge is -2.36. The summed E-state index contributed by atoms with van der Waals surface area (Å²) in [6.45, 7) is 3.37. The van der Waals surface area contributed by atoms with E-state index < -0.39 is 0 Å². The zero-order valence-corrected chi connectivity index (χ0v) is 13.6. The Morgan fingerprint density at radius 2 is 2.30 bits per heavy atom. The number of likely N-dealkylation sites (tertiary alicyclic amines) is 1. The van der Waals surface area contributed by atoms with Gasteiger partial charge in [-0.25, -0.2) is 0 Å². The predicted octanol–water partition coefficient (Wildman–Crippen LogP) is 2.48. The highest BCUT2D eigenvalue weighted by atomic mass is 16.5. The number of aliphatic hydroxyl groups excluding tert-OH is 1. The zero-order chi connectivity index (χ0) is 16.2. The van der Waals surface area contributed by atoms with Crippen molar-refractivity contribution in [3.05, 3.63) is 30.2 Å². The number of aromatic nitrogens is 2. The molecule has 1 aromatic carbocycles. The Kier molecular flexibility index (Phi) is 4.93. The molecule has 2 unspecified atom stereocenters. The molecule has 1 aliphatic rings. The van der Waals surface area contributed by atoms with Crippen molar-refractivity contribution >= 4 is 0 Å². The summed E-state index contributed by atoms with van der Waals surface area (Å²) in [6, 6.07) is 7.75. The van der Waals surface area contributed by atoms with Crippen LogP contribution < -0.4 is 4.74 Å². The molecule has 1 fully saturated rings. The summed E-state index contributed by atoms with van der Waals surface area (Å²) < 4.78 is 10.6. The molecule has 0 radical (unpaired) electrons. The van der Waals surface area contributed by atoms with Crippen molar-refractivity contribution < 1.29 is 14.4 Å². The van der Waals surface area contributed by atoms with Gasteiger partial charge in [0.2, 0.25) is 11.7 Å². The smallest absolute Gasteiger partial charge is 0.241 e. The van der Waals surface area contributed by atoms with E-state index >= 15 is 0 Å². The van der Waals surface area contributed by atoms with Gasteiger partial charge in [0.1, 0.15) is 5.75 Å². The molecule has 6 nitrogen and oxygen atoms in total. The van der Waals surface area contributed by atoms with Crippen LogP contribution in [0.25, 0.3) is 11.4 Å². The molecule has 2 aromatic rings. The van der Waals surface area contributed by atoms with Gasteiger partial charge in [-0.1, -0.05) is 23.7 Å². The summed E-state index contributed by atoms with van der Waals surface area (Å²) >= 11 is 0. The van der Waals surface area contributed by atoms with Crippen molar-refractivity contribution in [2.45, 2.75) is 44.9 Å². The van der Waals surface area contributed by atoms with Crippen molar-refractivity contribution in [2.24, 2.45) is 0 Å². The highest BCUT2D eigenvalue weighted by molar-refractivity contribution is 5.56. The van der Waals surface area contributed by atoms with Crippen LogP contribution in [0.3, 0.4) is 0 Å². The molecule has 3 rings (SSSR count). The van der Waals surface area contributed by atoms with Crippen LogP contribution in [0.5, 0.6) is 5.75 Å². The molecule has 0 saturated carbocycles. The molecule has 23 heavy (non-hydrogen) atoms. The van der Waals surface area contributed by atoms with Gasteiger partial charge in [0, 0.05) is 11.6 Å². The molecule has 124 valence electrons. The first-order valence-corrected chi connectivity index (χ1v) is 8.06. The van der Waals surface area contributed by atoms with Gasteiger partial charge in [-0.05, 0) is 38.4 Å². The fourth-order valence-corrected chi connectivity index (χ4v) is 3.13.